The lowest BCUT2D eigenvalue weighted by Crippen LogP contribution is -2.33. The van der Waals surface area contributed by atoms with Crippen LogP contribution in [0.25, 0.3) is 10.1 Å². The first-order chi connectivity index (χ1) is 10.2. The van der Waals surface area contributed by atoms with Crippen LogP contribution in [0.4, 0.5) is 4.39 Å². The summed E-state index contributed by atoms with van der Waals surface area (Å²) < 4.78 is 14.0. The highest BCUT2D eigenvalue weighted by Crippen LogP contribution is 2.36. The van der Waals surface area contributed by atoms with Gasteiger partial charge in [-0.1, -0.05) is 30.9 Å². The van der Waals surface area contributed by atoms with Crippen LogP contribution in [0.15, 0.2) is 18.2 Å². The summed E-state index contributed by atoms with van der Waals surface area (Å²) >= 11 is 7.63. The minimum absolute atomic E-state index is 0.0106. The maximum atomic E-state index is 13.3. The zero-order valence-electron chi connectivity index (χ0n) is 11.7. The lowest BCUT2D eigenvalue weighted by Gasteiger charge is -2.24. The van der Waals surface area contributed by atoms with E-state index in [1.54, 1.807) is 6.07 Å². The van der Waals surface area contributed by atoms with Crippen LogP contribution in [0.1, 0.15) is 41.8 Å². The SMILES string of the molecule is O=C(c1sc2cc(F)ccc2c1Cl)N1CCCCCCC1. The lowest BCUT2D eigenvalue weighted by molar-refractivity contribution is 0.0747. The predicted octanol–water partition coefficient (Wildman–Crippen LogP) is 5.10. The predicted molar refractivity (Wildman–Crippen MR) is 85.8 cm³/mol. The van der Waals surface area contributed by atoms with E-state index in [2.05, 4.69) is 0 Å². The lowest BCUT2D eigenvalue weighted by atomic mass is 10.1. The molecule has 1 aliphatic heterocycles. The van der Waals surface area contributed by atoms with E-state index in [9.17, 15) is 9.18 Å². The largest absolute Gasteiger partial charge is 0.338 e. The van der Waals surface area contributed by atoms with Crippen LogP contribution in [0, 0.1) is 5.82 Å². The van der Waals surface area contributed by atoms with Crippen LogP contribution in [-0.2, 0) is 0 Å². The number of hydrogen-bond acceptors (Lipinski definition) is 2. The Bertz CT molecular complexity index is 662. The number of benzene rings is 1. The Morgan fingerprint density at radius 3 is 2.52 bits per heavy atom. The number of fused-ring (bicyclic) bond motifs is 1. The molecule has 5 heteroatoms. The summed E-state index contributed by atoms with van der Waals surface area (Å²) in [7, 11) is 0. The molecule has 1 fully saturated rings. The molecule has 1 amide bonds. The van der Waals surface area contributed by atoms with Crippen molar-refractivity contribution in [3.8, 4) is 0 Å². The third-order valence-corrected chi connectivity index (χ3v) is 5.57. The zero-order valence-corrected chi connectivity index (χ0v) is 13.3. The maximum Gasteiger partial charge on any atom is 0.265 e. The first-order valence-electron chi connectivity index (χ1n) is 7.33. The zero-order chi connectivity index (χ0) is 14.8. The van der Waals surface area contributed by atoms with Crippen LogP contribution in [-0.4, -0.2) is 23.9 Å². The Morgan fingerprint density at radius 2 is 1.81 bits per heavy atom. The number of rotatable bonds is 1. The van der Waals surface area contributed by atoms with E-state index in [1.165, 1.54) is 42.7 Å². The topological polar surface area (TPSA) is 20.3 Å². The molecule has 1 aromatic heterocycles. The molecular formula is C16H17ClFNOS. The molecule has 0 unspecified atom stereocenters. The van der Waals surface area contributed by atoms with Gasteiger partial charge in [-0.3, -0.25) is 4.79 Å². The number of likely N-dealkylation sites (tertiary alicyclic amines) is 1. The second-order valence-corrected chi connectivity index (χ2v) is 6.88. The van der Waals surface area contributed by atoms with Gasteiger partial charge >= 0.3 is 0 Å². The van der Waals surface area contributed by atoms with Gasteiger partial charge in [-0.05, 0) is 31.0 Å². The van der Waals surface area contributed by atoms with E-state index in [4.69, 9.17) is 11.6 Å². The minimum Gasteiger partial charge on any atom is -0.338 e. The van der Waals surface area contributed by atoms with Crippen molar-refractivity contribution in [2.24, 2.45) is 0 Å². The highest BCUT2D eigenvalue weighted by Gasteiger charge is 2.23. The monoisotopic (exact) mass is 325 g/mol. The van der Waals surface area contributed by atoms with E-state index >= 15 is 0 Å². The van der Waals surface area contributed by atoms with Crippen LogP contribution >= 0.6 is 22.9 Å². The highest BCUT2D eigenvalue weighted by atomic mass is 35.5. The standard InChI is InChI=1S/C16H17ClFNOS/c17-14-12-7-6-11(18)10-13(12)21-15(14)16(20)19-8-4-2-1-3-5-9-19/h6-7,10H,1-5,8-9H2. The highest BCUT2D eigenvalue weighted by molar-refractivity contribution is 7.21. The van der Waals surface area contributed by atoms with Crippen LogP contribution < -0.4 is 0 Å². The number of nitrogens with zero attached hydrogens (tertiary/aromatic N) is 1. The number of halogens is 2. The van der Waals surface area contributed by atoms with Crippen LogP contribution in [0.5, 0.6) is 0 Å². The fourth-order valence-electron chi connectivity index (χ4n) is 2.77. The van der Waals surface area contributed by atoms with Crippen LogP contribution in [0.3, 0.4) is 0 Å². The summed E-state index contributed by atoms with van der Waals surface area (Å²) in [6, 6.07) is 4.47. The third kappa shape index (κ3) is 3.06. The summed E-state index contributed by atoms with van der Waals surface area (Å²) in [6.07, 6.45) is 5.70. The van der Waals surface area contributed by atoms with Gasteiger partial charge in [-0.15, -0.1) is 11.3 Å². The first kappa shape index (κ1) is 14.8. The van der Waals surface area contributed by atoms with Gasteiger partial charge < -0.3 is 4.90 Å². The number of thiophene rings is 1. The third-order valence-electron chi connectivity index (χ3n) is 3.93. The quantitative estimate of drug-likeness (QED) is 0.714. The molecule has 0 spiro atoms. The summed E-state index contributed by atoms with van der Waals surface area (Å²) in [5.74, 6) is -0.311. The second kappa shape index (κ2) is 6.32. The fraction of sp³-hybridized carbons (Fsp3) is 0.438. The Labute approximate surface area is 132 Å². The van der Waals surface area contributed by atoms with E-state index < -0.39 is 0 Å². The summed E-state index contributed by atoms with van der Waals surface area (Å²) in [6.45, 7) is 1.58. The van der Waals surface area contributed by atoms with Gasteiger partial charge in [0.1, 0.15) is 10.7 Å². The Kier molecular flexibility index (Phi) is 4.45. The second-order valence-electron chi connectivity index (χ2n) is 5.45. The van der Waals surface area contributed by atoms with Crippen molar-refractivity contribution in [3.63, 3.8) is 0 Å². The normalized spacial score (nSPS) is 16.8. The molecule has 112 valence electrons. The van der Waals surface area contributed by atoms with E-state index in [-0.39, 0.29) is 11.7 Å². The molecule has 1 aliphatic rings. The van der Waals surface area contributed by atoms with Gasteiger partial charge in [0.25, 0.3) is 5.91 Å². The summed E-state index contributed by atoms with van der Waals surface area (Å²) in [4.78, 5) is 15.1. The van der Waals surface area contributed by atoms with Gasteiger partial charge in [0.05, 0.1) is 5.02 Å². The fourth-order valence-corrected chi connectivity index (χ4v) is 4.28. The number of carbonyl (C=O) groups excluding carboxylic acids is 1. The molecule has 0 radical (unpaired) electrons. The molecule has 21 heavy (non-hydrogen) atoms. The maximum absolute atomic E-state index is 13.3. The molecule has 3 rings (SSSR count). The van der Waals surface area contributed by atoms with Crippen molar-refractivity contribution in [2.45, 2.75) is 32.1 Å². The van der Waals surface area contributed by atoms with Gasteiger partial charge in [-0.2, -0.15) is 0 Å². The number of hydrogen-bond donors (Lipinski definition) is 0. The average molecular weight is 326 g/mol. The Balaban J connectivity index is 1.91. The average Bonchev–Trinajstić information content (AvgIpc) is 2.74. The van der Waals surface area contributed by atoms with E-state index in [0.717, 1.165) is 36.0 Å². The first-order valence-corrected chi connectivity index (χ1v) is 8.53. The Morgan fingerprint density at radius 1 is 1.14 bits per heavy atom. The molecule has 2 nitrogen and oxygen atoms in total. The molecular weight excluding hydrogens is 309 g/mol. The van der Waals surface area contributed by atoms with Crippen molar-refractivity contribution >= 4 is 38.9 Å². The van der Waals surface area contributed by atoms with Crippen molar-refractivity contribution in [1.29, 1.82) is 0 Å². The molecule has 0 atom stereocenters. The molecule has 0 saturated carbocycles. The van der Waals surface area contributed by atoms with Crippen molar-refractivity contribution in [1.82, 2.24) is 4.90 Å². The van der Waals surface area contributed by atoms with Gasteiger partial charge in [0, 0.05) is 23.2 Å². The molecule has 2 aromatic rings. The van der Waals surface area contributed by atoms with E-state index in [0.29, 0.717) is 9.90 Å². The van der Waals surface area contributed by atoms with Gasteiger partial charge in [0.2, 0.25) is 0 Å². The molecule has 0 bridgehead atoms. The Hall–Kier alpha value is -1.13. The van der Waals surface area contributed by atoms with Crippen molar-refractivity contribution < 1.29 is 9.18 Å². The van der Waals surface area contributed by atoms with Crippen molar-refractivity contribution in [3.05, 3.63) is 33.9 Å². The van der Waals surface area contributed by atoms with Gasteiger partial charge in [-0.25, -0.2) is 4.39 Å². The van der Waals surface area contributed by atoms with Gasteiger partial charge in [0.15, 0.2) is 0 Å². The molecule has 2 heterocycles. The molecule has 1 saturated heterocycles. The number of amides is 1. The summed E-state index contributed by atoms with van der Waals surface area (Å²) in [5.41, 5.74) is 0. The van der Waals surface area contributed by atoms with Crippen molar-refractivity contribution in [2.75, 3.05) is 13.1 Å². The minimum atomic E-state index is -0.300. The van der Waals surface area contributed by atoms with Crippen LogP contribution in [0.2, 0.25) is 5.02 Å². The molecule has 1 aromatic carbocycles. The number of carbonyl (C=O) groups is 1. The van der Waals surface area contributed by atoms with E-state index in [1.807, 2.05) is 4.90 Å². The smallest absolute Gasteiger partial charge is 0.265 e. The summed E-state index contributed by atoms with van der Waals surface area (Å²) in [5, 5.41) is 1.22. The molecule has 0 aliphatic carbocycles. The molecule has 0 N–H and O–H groups in total.